The minimum absolute atomic E-state index is 0.254. The largest absolute Gasteiger partial charge is 0.486 e. The van der Waals surface area contributed by atoms with Crippen LogP contribution in [0.2, 0.25) is 0 Å². The molecule has 1 aromatic carbocycles. The summed E-state index contributed by atoms with van der Waals surface area (Å²) in [6.07, 6.45) is 1.68. The summed E-state index contributed by atoms with van der Waals surface area (Å²) in [6, 6.07) is 4.71. The molecule has 0 radical (unpaired) electrons. The Labute approximate surface area is 152 Å². The highest BCUT2D eigenvalue weighted by Gasteiger charge is 2.22. The summed E-state index contributed by atoms with van der Waals surface area (Å²) >= 11 is 0. The maximum atomic E-state index is 12.3. The van der Waals surface area contributed by atoms with E-state index in [2.05, 4.69) is 25.3 Å². The van der Waals surface area contributed by atoms with E-state index in [0.717, 1.165) is 0 Å². The minimum atomic E-state index is -1.04. The number of nitrogens with one attached hydrogen (secondary N) is 2. The number of aromatic amines is 1. The van der Waals surface area contributed by atoms with Crippen molar-refractivity contribution in [2.24, 2.45) is 0 Å². The molecule has 0 saturated heterocycles. The molecule has 0 saturated carbocycles. The van der Waals surface area contributed by atoms with Crippen LogP contribution in [0.1, 0.15) is 17.3 Å². The number of carbonyl (C=O) groups excluding carboxylic acids is 2. The Bertz CT molecular complexity index is 1020. The standard InChI is InChI=1S/C17H15N5O5/c1-9(16(23)22-15-13-14(19-7-18-13)20-8-21-15)27-17(24)10-2-3-11-12(6-10)26-5-4-25-11/h2-3,6-9H,4-5H2,1H3,(H2,18,19,20,21,22,23)/t9-/m0/s1. The summed E-state index contributed by atoms with van der Waals surface area (Å²) in [7, 11) is 0. The van der Waals surface area contributed by atoms with Crippen LogP contribution in [0.4, 0.5) is 5.82 Å². The van der Waals surface area contributed by atoms with E-state index >= 15 is 0 Å². The van der Waals surface area contributed by atoms with Crippen molar-refractivity contribution in [1.29, 1.82) is 0 Å². The van der Waals surface area contributed by atoms with Crippen LogP contribution >= 0.6 is 0 Å². The highest BCUT2D eigenvalue weighted by Crippen LogP contribution is 2.31. The van der Waals surface area contributed by atoms with E-state index < -0.39 is 18.0 Å². The lowest BCUT2D eigenvalue weighted by Gasteiger charge is -2.19. The van der Waals surface area contributed by atoms with Gasteiger partial charge in [0.2, 0.25) is 0 Å². The molecule has 3 heterocycles. The van der Waals surface area contributed by atoms with Gasteiger partial charge in [-0.25, -0.2) is 19.7 Å². The summed E-state index contributed by atoms with van der Waals surface area (Å²) in [5.41, 5.74) is 1.16. The molecule has 27 heavy (non-hydrogen) atoms. The molecule has 0 fully saturated rings. The van der Waals surface area contributed by atoms with Crippen molar-refractivity contribution in [1.82, 2.24) is 19.9 Å². The number of hydrogen-bond acceptors (Lipinski definition) is 8. The average Bonchev–Trinajstić information content (AvgIpc) is 3.17. The van der Waals surface area contributed by atoms with Gasteiger partial charge in [-0.2, -0.15) is 0 Å². The van der Waals surface area contributed by atoms with Gasteiger partial charge in [0, 0.05) is 0 Å². The van der Waals surface area contributed by atoms with Crippen LogP contribution in [0.3, 0.4) is 0 Å². The minimum Gasteiger partial charge on any atom is -0.486 e. The molecule has 0 unspecified atom stereocenters. The first kappa shape index (κ1) is 16.8. The lowest BCUT2D eigenvalue weighted by atomic mass is 10.2. The number of imidazole rings is 1. The molecule has 3 aromatic rings. The molecule has 2 aromatic heterocycles. The zero-order valence-electron chi connectivity index (χ0n) is 14.3. The van der Waals surface area contributed by atoms with Crippen molar-refractivity contribution in [2.75, 3.05) is 18.5 Å². The number of aromatic nitrogens is 4. The van der Waals surface area contributed by atoms with Gasteiger partial charge >= 0.3 is 5.97 Å². The molecule has 10 nitrogen and oxygen atoms in total. The van der Waals surface area contributed by atoms with E-state index in [0.29, 0.717) is 35.9 Å². The Morgan fingerprint density at radius 2 is 2.00 bits per heavy atom. The molecule has 1 amide bonds. The molecule has 1 aliphatic heterocycles. The zero-order valence-corrected chi connectivity index (χ0v) is 14.3. The van der Waals surface area contributed by atoms with Gasteiger partial charge in [-0.3, -0.25) is 4.79 Å². The third-order valence-corrected chi connectivity index (χ3v) is 3.90. The summed E-state index contributed by atoms with van der Waals surface area (Å²) in [5, 5.41) is 2.59. The Balaban J connectivity index is 1.43. The van der Waals surface area contributed by atoms with Gasteiger partial charge in [0.1, 0.15) is 25.1 Å². The lowest BCUT2D eigenvalue weighted by molar-refractivity contribution is -0.123. The van der Waals surface area contributed by atoms with Crippen molar-refractivity contribution in [3.63, 3.8) is 0 Å². The lowest BCUT2D eigenvalue weighted by Crippen LogP contribution is -2.30. The number of esters is 1. The Morgan fingerprint density at radius 1 is 1.19 bits per heavy atom. The number of anilines is 1. The number of amides is 1. The third-order valence-electron chi connectivity index (χ3n) is 3.90. The molecule has 1 aliphatic rings. The molecule has 0 spiro atoms. The first-order valence-electron chi connectivity index (χ1n) is 8.17. The topological polar surface area (TPSA) is 128 Å². The SMILES string of the molecule is C[C@H](OC(=O)c1ccc2c(c1)OCCO2)C(=O)Nc1ncnc2nc[nH]c12. The van der Waals surface area contributed by atoms with E-state index in [-0.39, 0.29) is 11.4 Å². The molecule has 2 N–H and O–H groups in total. The second-order valence-electron chi connectivity index (χ2n) is 5.72. The number of benzene rings is 1. The number of rotatable bonds is 4. The van der Waals surface area contributed by atoms with Crippen molar-refractivity contribution in [3.8, 4) is 11.5 Å². The van der Waals surface area contributed by atoms with Crippen LogP contribution in [0.5, 0.6) is 11.5 Å². The molecular weight excluding hydrogens is 354 g/mol. The van der Waals surface area contributed by atoms with E-state index in [1.807, 2.05) is 0 Å². The van der Waals surface area contributed by atoms with E-state index in [9.17, 15) is 9.59 Å². The Morgan fingerprint density at radius 3 is 2.85 bits per heavy atom. The first-order valence-corrected chi connectivity index (χ1v) is 8.17. The van der Waals surface area contributed by atoms with Gasteiger partial charge < -0.3 is 24.5 Å². The average molecular weight is 369 g/mol. The fourth-order valence-electron chi connectivity index (χ4n) is 2.53. The van der Waals surface area contributed by atoms with Crippen molar-refractivity contribution in [2.45, 2.75) is 13.0 Å². The van der Waals surface area contributed by atoms with Crippen LogP contribution in [0, 0.1) is 0 Å². The van der Waals surface area contributed by atoms with Gasteiger partial charge in [0.05, 0.1) is 11.9 Å². The highest BCUT2D eigenvalue weighted by atomic mass is 16.6. The van der Waals surface area contributed by atoms with E-state index in [1.165, 1.54) is 25.6 Å². The number of fused-ring (bicyclic) bond motifs is 2. The fraction of sp³-hybridized carbons (Fsp3) is 0.235. The highest BCUT2D eigenvalue weighted by molar-refractivity contribution is 6.00. The van der Waals surface area contributed by atoms with Crippen LogP contribution in [-0.4, -0.2) is 51.1 Å². The van der Waals surface area contributed by atoms with Crippen LogP contribution in [0.15, 0.2) is 30.9 Å². The molecule has 4 rings (SSSR count). The maximum Gasteiger partial charge on any atom is 0.339 e. The smallest absolute Gasteiger partial charge is 0.339 e. The van der Waals surface area contributed by atoms with E-state index in [4.69, 9.17) is 14.2 Å². The monoisotopic (exact) mass is 369 g/mol. The molecule has 10 heteroatoms. The van der Waals surface area contributed by atoms with Gasteiger partial charge in [0.15, 0.2) is 29.1 Å². The number of H-pyrrole nitrogens is 1. The predicted molar refractivity (Wildman–Crippen MR) is 92.6 cm³/mol. The van der Waals surface area contributed by atoms with Crippen LogP contribution in [-0.2, 0) is 9.53 Å². The van der Waals surface area contributed by atoms with E-state index in [1.54, 1.807) is 12.1 Å². The summed E-state index contributed by atoms with van der Waals surface area (Å²) < 4.78 is 16.1. The molecule has 0 aliphatic carbocycles. The van der Waals surface area contributed by atoms with Crippen molar-refractivity contribution < 1.29 is 23.8 Å². The van der Waals surface area contributed by atoms with Crippen molar-refractivity contribution in [3.05, 3.63) is 36.4 Å². The molecular formula is C17H15N5O5. The molecule has 138 valence electrons. The summed E-state index contributed by atoms with van der Waals surface area (Å²) in [6.45, 7) is 2.34. The number of nitrogens with zero attached hydrogens (tertiary/aromatic N) is 3. The van der Waals surface area contributed by atoms with Gasteiger partial charge in [-0.1, -0.05) is 0 Å². The predicted octanol–water partition coefficient (Wildman–Crippen LogP) is 1.31. The summed E-state index contributed by atoms with van der Waals surface area (Å²) in [5.74, 6) is 0.107. The first-order chi connectivity index (χ1) is 13.1. The Kier molecular flexibility index (Phi) is 4.29. The van der Waals surface area contributed by atoms with Gasteiger partial charge in [-0.05, 0) is 25.1 Å². The zero-order chi connectivity index (χ0) is 18.8. The van der Waals surface area contributed by atoms with Crippen LogP contribution < -0.4 is 14.8 Å². The Hall–Kier alpha value is -3.69. The number of hydrogen-bond donors (Lipinski definition) is 2. The van der Waals surface area contributed by atoms with Crippen LogP contribution in [0.25, 0.3) is 11.2 Å². The second-order valence-corrected chi connectivity index (χ2v) is 5.72. The number of carbonyl (C=O) groups is 2. The normalized spacial score (nSPS) is 13.8. The van der Waals surface area contributed by atoms with Gasteiger partial charge in [0.25, 0.3) is 5.91 Å². The molecule has 0 bridgehead atoms. The quantitative estimate of drug-likeness (QED) is 0.659. The maximum absolute atomic E-state index is 12.3. The number of ether oxygens (including phenoxy) is 3. The van der Waals surface area contributed by atoms with Crippen molar-refractivity contribution >= 4 is 28.9 Å². The third kappa shape index (κ3) is 3.36. The fourth-order valence-corrected chi connectivity index (χ4v) is 2.53. The summed E-state index contributed by atoms with van der Waals surface area (Å²) in [4.78, 5) is 39.5. The molecule has 1 atom stereocenters. The second kappa shape index (κ2) is 6.90. The van der Waals surface area contributed by atoms with Gasteiger partial charge in [-0.15, -0.1) is 0 Å².